The van der Waals surface area contributed by atoms with Crippen LogP contribution < -0.4 is 0 Å². The van der Waals surface area contributed by atoms with Gasteiger partial charge in [0.15, 0.2) is 11.4 Å². The summed E-state index contributed by atoms with van der Waals surface area (Å²) in [6, 6.07) is 0. The number of morpholine rings is 1. The van der Waals surface area contributed by atoms with Crippen LogP contribution in [0, 0.1) is 0 Å². The Hall–Kier alpha value is -1.68. The SMILES string of the molecule is CC1CN(CC(F)(F)F)C23N=CCC(=O)C2=CC(C(F)(F)F)=CC3O1. The fourth-order valence-corrected chi connectivity index (χ4v) is 3.44. The third-order valence-electron chi connectivity index (χ3n) is 4.33. The minimum atomic E-state index is -4.75. The Morgan fingerprint density at radius 2 is 2.00 bits per heavy atom. The Labute approximate surface area is 138 Å². The summed E-state index contributed by atoms with van der Waals surface area (Å²) in [5, 5.41) is 0. The molecule has 0 aromatic rings. The van der Waals surface area contributed by atoms with Crippen LogP contribution in [0.4, 0.5) is 26.3 Å². The molecule has 25 heavy (non-hydrogen) atoms. The van der Waals surface area contributed by atoms with Crippen LogP contribution in [0.3, 0.4) is 0 Å². The average molecular weight is 368 g/mol. The molecular weight excluding hydrogens is 354 g/mol. The summed E-state index contributed by atoms with van der Waals surface area (Å²) in [6.07, 6.45) is -9.37. The zero-order chi connectivity index (χ0) is 18.6. The van der Waals surface area contributed by atoms with Gasteiger partial charge in [-0.1, -0.05) is 0 Å². The van der Waals surface area contributed by atoms with E-state index in [9.17, 15) is 31.1 Å². The fraction of sp³-hybridized carbons (Fsp3) is 0.600. The van der Waals surface area contributed by atoms with Crippen molar-refractivity contribution in [2.75, 3.05) is 13.1 Å². The molecule has 0 bridgehead atoms. The van der Waals surface area contributed by atoms with E-state index in [0.29, 0.717) is 12.2 Å². The summed E-state index contributed by atoms with van der Waals surface area (Å²) in [4.78, 5) is 17.2. The maximum absolute atomic E-state index is 13.1. The van der Waals surface area contributed by atoms with Gasteiger partial charge < -0.3 is 4.74 Å². The van der Waals surface area contributed by atoms with Gasteiger partial charge in [0.05, 0.1) is 18.2 Å². The summed E-state index contributed by atoms with van der Waals surface area (Å²) in [7, 11) is 0. The van der Waals surface area contributed by atoms with Crippen molar-refractivity contribution in [3.8, 4) is 0 Å². The highest BCUT2D eigenvalue weighted by atomic mass is 19.4. The first kappa shape index (κ1) is 18.1. The summed E-state index contributed by atoms with van der Waals surface area (Å²) in [5.41, 5.74) is -3.44. The lowest BCUT2D eigenvalue weighted by molar-refractivity contribution is -0.195. The van der Waals surface area contributed by atoms with Crippen molar-refractivity contribution in [3.63, 3.8) is 0 Å². The average Bonchev–Trinajstić information content (AvgIpc) is 2.44. The van der Waals surface area contributed by atoms with E-state index >= 15 is 0 Å². The van der Waals surface area contributed by atoms with Gasteiger partial charge in [-0.2, -0.15) is 26.3 Å². The number of carbonyl (C=O) groups is 1. The number of hydrogen-bond donors (Lipinski definition) is 0. The summed E-state index contributed by atoms with van der Waals surface area (Å²) >= 11 is 0. The first-order valence-electron chi connectivity index (χ1n) is 7.49. The van der Waals surface area contributed by atoms with Gasteiger partial charge in [-0.25, -0.2) is 0 Å². The maximum atomic E-state index is 13.1. The van der Waals surface area contributed by atoms with Crippen molar-refractivity contribution >= 4 is 12.0 Å². The zero-order valence-corrected chi connectivity index (χ0v) is 13.0. The molecule has 0 amide bonds. The van der Waals surface area contributed by atoms with Crippen LogP contribution in [0.5, 0.6) is 0 Å². The number of ketones is 1. The highest BCUT2D eigenvalue weighted by Crippen LogP contribution is 2.46. The number of rotatable bonds is 1. The smallest absolute Gasteiger partial charge is 0.365 e. The molecule has 138 valence electrons. The number of alkyl halides is 6. The van der Waals surface area contributed by atoms with Gasteiger partial charge in [-0.15, -0.1) is 0 Å². The first-order valence-corrected chi connectivity index (χ1v) is 7.49. The molecule has 3 unspecified atom stereocenters. The highest BCUT2D eigenvalue weighted by molar-refractivity contribution is 6.07. The van der Waals surface area contributed by atoms with Gasteiger partial charge in [0.2, 0.25) is 0 Å². The van der Waals surface area contributed by atoms with E-state index in [-0.39, 0.29) is 13.0 Å². The van der Waals surface area contributed by atoms with E-state index in [1.54, 1.807) is 0 Å². The van der Waals surface area contributed by atoms with Crippen molar-refractivity contribution in [1.82, 2.24) is 4.90 Å². The van der Waals surface area contributed by atoms with E-state index in [2.05, 4.69) is 4.99 Å². The number of hydrogen-bond acceptors (Lipinski definition) is 4. The standard InChI is InChI=1S/C15H14F6N2O2/c1-8-6-23(7-13(16,17)18)14-10(11(24)2-3-22-14)4-9(15(19,20)21)5-12(14)25-8/h3-5,8,12H,2,6-7H2,1H3. The minimum Gasteiger partial charge on any atom is -0.365 e. The lowest BCUT2D eigenvalue weighted by Gasteiger charge is -2.53. The third-order valence-corrected chi connectivity index (χ3v) is 4.33. The molecule has 1 fully saturated rings. The van der Waals surface area contributed by atoms with E-state index in [1.165, 1.54) is 6.92 Å². The Kier molecular flexibility index (Phi) is 4.11. The molecule has 0 aromatic heterocycles. The van der Waals surface area contributed by atoms with Crippen LogP contribution in [0.15, 0.2) is 28.3 Å². The maximum Gasteiger partial charge on any atom is 0.416 e. The molecule has 4 nitrogen and oxygen atoms in total. The predicted molar refractivity (Wildman–Crippen MR) is 75.0 cm³/mol. The van der Waals surface area contributed by atoms with Crippen LogP contribution >= 0.6 is 0 Å². The molecule has 0 N–H and O–H groups in total. The normalized spacial score (nSPS) is 33.5. The number of aliphatic imine (C=N–C) groups is 1. The second kappa shape index (κ2) is 5.66. The van der Waals surface area contributed by atoms with Crippen LogP contribution in [-0.2, 0) is 9.53 Å². The van der Waals surface area contributed by atoms with Gasteiger partial charge in [0, 0.05) is 24.8 Å². The Bertz CT molecular complexity index is 678. The lowest BCUT2D eigenvalue weighted by Crippen LogP contribution is -2.67. The first-order chi connectivity index (χ1) is 11.4. The molecule has 10 heteroatoms. The molecule has 3 atom stereocenters. The second-order valence-electron chi connectivity index (χ2n) is 6.21. The topological polar surface area (TPSA) is 41.9 Å². The van der Waals surface area contributed by atoms with Crippen molar-refractivity contribution in [2.45, 2.75) is 43.6 Å². The van der Waals surface area contributed by atoms with Crippen molar-refractivity contribution < 1.29 is 35.9 Å². The molecule has 0 saturated carbocycles. The van der Waals surface area contributed by atoms with Gasteiger partial charge >= 0.3 is 12.4 Å². The van der Waals surface area contributed by atoms with E-state index in [1.807, 2.05) is 0 Å². The number of Topliss-reactive ketones (excluding diaryl/α,β-unsaturated/α-hetero) is 1. The van der Waals surface area contributed by atoms with Crippen molar-refractivity contribution in [1.29, 1.82) is 0 Å². The van der Waals surface area contributed by atoms with Crippen molar-refractivity contribution in [2.24, 2.45) is 4.99 Å². The second-order valence-corrected chi connectivity index (χ2v) is 6.21. The lowest BCUT2D eigenvalue weighted by atomic mass is 9.78. The van der Waals surface area contributed by atoms with Crippen LogP contribution in [0.1, 0.15) is 13.3 Å². The van der Waals surface area contributed by atoms with Gasteiger partial charge in [-0.05, 0) is 19.1 Å². The van der Waals surface area contributed by atoms with Gasteiger partial charge in [0.1, 0.15) is 6.10 Å². The molecule has 3 rings (SSSR count). The van der Waals surface area contributed by atoms with E-state index in [4.69, 9.17) is 4.74 Å². The number of nitrogens with zero attached hydrogens (tertiary/aromatic N) is 2. The summed E-state index contributed by atoms with van der Waals surface area (Å²) < 4.78 is 83.9. The minimum absolute atomic E-state index is 0.215. The molecule has 3 aliphatic rings. The molecule has 1 saturated heterocycles. The monoisotopic (exact) mass is 368 g/mol. The Balaban J connectivity index is 2.15. The van der Waals surface area contributed by atoms with Gasteiger partial charge in [-0.3, -0.25) is 14.7 Å². The Morgan fingerprint density at radius 1 is 1.32 bits per heavy atom. The van der Waals surface area contributed by atoms with E-state index in [0.717, 1.165) is 11.1 Å². The molecule has 0 aromatic carbocycles. The van der Waals surface area contributed by atoms with Crippen LogP contribution in [0.25, 0.3) is 0 Å². The number of halogens is 6. The van der Waals surface area contributed by atoms with E-state index < -0.39 is 53.7 Å². The predicted octanol–water partition coefficient (Wildman–Crippen LogP) is 2.81. The summed E-state index contributed by atoms with van der Waals surface area (Å²) in [5.74, 6) is -0.694. The number of carbonyl (C=O) groups excluding carboxylic acids is 1. The molecule has 2 aliphatic heterocycles. The highest BCUT2D eigenvalue weighted by Gasteiger charge is 2.58. The molecule has 0 radical (unpaired) electrons. The zero-order valence-electron chi connectivity index (χ0n) is 13.0. The quantitative estimate of drug-likeness (QED) is 0.669. The Morgan fingerprint density at radius 3 is 2.60 bits per heavy atom. The largest absolute Gasteiger partial charge is 0.416 e. The molecular formula is C15H14F6N2O2. The molecule has 1 spiro atoms. The summed E-state index contributed by atoms with van der Waals surface area (Å²) in [6.45, 7) is -0.162. The number of allylic oxidation sites excluding steroid dienone is 2. The van der Waals surface area contributed by atoms with Gasteiger partial charge in [0.25, 0.3) is 0 Å². The van der Waals surface area contributed by atoms with Crippen LogP contribution in [0.2, 0.25) is 0 Å². The molecule has 1 aliphatic carbocycles. The van der Waals surface area contributed by atoms with Crippen LogP contribution in [-0.4, -0.2) is 60.2 Å². The third kappa shape index (κ3) is 3.12. The van der Waals surface area contributed by atoms with Crippen molar-refractivity contribution in [3.05, 3.63) is 23.3 Å². The fourth-order valence-electron chi connectivity index (χ4n) is 3.44. The number of ether oxygens (including phenoxy) is 1. The molecule has 2 heterocycles.